The summed E-state index contributed by atoms with van der Waals surface area (Å²) >= 11 is 0. The molecule has 1 aromatic rings. The molecule has 2 heterocycles. The number of hydrogen-bond donors (Lipinski definition) is 1. The summed E-state index contributed by atoms with van der Waals surface area (Å²) in [5, 5.41) is 7.62. The molecule has 0 unspecified atom stereocenters. The fourth-order valence-electron chi connectivity index (χ4n) is 2.03. The summed E-state index contributed by atoms with van der Waals surface area (Å²) in [7, 11) is 0. The van der Waals surface area contributed by atoms with E-state index >= 15 is 0 Å². The largest absolute Gasteiger partial charge is 0.312 e. The Hall–Kier alpha value is -0.940. The molecule has 1 fully saturated rings. The van der Waals surface area contributed by atoms with Crippen LogP contribution in [0.2, 0.25) is 0 Å². The predicted molar refractivity (Wildman–Crippen MR) is 58.4 cm³/mol. The van der Waals surface area contributed by atoms with Crippen molar-refractivity contribution < 1.29 is 0 Å². The number of piperazine rings is 1. The average molecular weight is 209 g/mol. The molecular formula is C10H19N5. The van der Waals surface area contributed by atoms with Crippen LogP contribution in [0.25, 0.3) is 0 Å². The van der Waals surface area contributed by atoms with Crippen LogP contribution in [0, 0.1) is 0 Å². The molecule has 1 aliphatic heterocycles. The second-order valence-corrected chi connectivity index (χ2v) is 4.08. The van der Waals surface area contributed by atoms with E-state index in [2.05, 4.69) is 34.1 Å². The van der Waals surface area contributed by atoms with Gasteiger partial charge in [0, 0.05) is 32.2 Å². The van der Waals surface area contributed by atoms with Crippen molar-refractivity contribution in [3.8, 4) is 0 Å². The van der Waals surface area contributed by atoms with Crippen molar-refractivity contribution in [2.24, 2.45) is 0 Å². The lowest BCUT2D eigenvalue weighted by atomic mass is 10.2. The molecule has 1 N–H and O–H groups in total. The van der Waals surface area contributed by atoms with Gasteiger partial charge in [-0.05, 0) is 13.8 Å². The minimum absolute atomic E-state index is 0.580. The van der Waals surface area contributed by atoms with Crippen molar-refractivity contribution in [1.82, 2.24) is 25.0 Å². The molecule has 0 bridgehead atoms. The standard InChI is InChI=1S/C10H19N5/c1-3-15-10(12-8-13-15)7-14-5-4-11-9(2)6-14/h8-9,11H,3-7H2,1-2H3/t9-/m0/s1. The van der Waals surface area contributed by atoms with Gasteiger partial charge in [-0.25, -0.2) is 9.67 Å². The molecule has 5 heteroatoms. The van der Waals surface area contributed by atoms with E-state index in [1.54, 1.807) is 6.33 Å². The Kier molecular flexibility index (Phi) is 3.33. The average Bonchev–Trinajstić information content (AvgIpc) is 2.65. The van der Waals surface area contributed by atoms with E-state index in [4.69, 9.17) is 0 Å². The lowest BCUT2D eigenvalue weighted by molar-refractivity contribution is 0.192. The fraction of sp³-hybridized carbons (Fsp3) is 0.800. The normalized spacial score (nSPS) is 23.2. The highest BCUT2D eigenvalue weighted by atomic mass is 15.3. The van der Waals surface area contributed by atoms with Gasteiger partial charge in [0.25, 0.3) is 0 Å². The van der Waals surface area contributed by atoms with Crippen LogP contribution >= 0.6 is 0 Å². The summed E-state index contributed by atoms with van der Waals surface area (Å²) in [6.07, 6.45) is 1.64. The summed E-state index contributed by atoms with van der Waals surface area (Å²) in [6, 6.07) is 0.580. The molecule has 0 saturated carbocycles. The summed E-state index contributed by atoms with van der Waals surface area (Å²) < 4.78 is 1.96. The molecule has 0 aromatic carbocycles. The quantitative estimate of drug-likeness (QED) is 0.766. The Morgan fingerprint density at radius 2 is 2.47 bits per heavy atom. The van der Waals surface area contributed by atoms with Gasteiger partial charge in [-0.2, -0.15) is 5.10 Å². The van der Waals surface area contributed by atoms with Gasteiger partial charge in [0.1, 0.15) is 12.2 Å². The third-order valence-electron chi connectivity index (χ3n) is 2.81. The Morgan fingerprint density at radius 1 is 1.60 bits per heavy atom. The van der Waals surface area contributed by atoms with Crippen molar-refractivity contribution in [2.75, 3.05) is 19.6 Å². The van der Waals surface area contributed by atoms with Gasteiger partial charge in [0.2, 0.25) is 0 Å². The molecule has 1 aliphatic rings. The highest BCUT2D eigenvalue weighted by Gasteiger charge is 2.17. The van der Waals surface area contributed by atoms with Gasteiger partial charge in [-0.1, -0.05) is 0 Å². The van der Waals surface area contributed by atoms with Crippen LogP contribution < -0.4 is 5.32 Å². The van der Waals surface area contributed by atoms with E-state index in [9.17, 15) is 0 Å². The molecule has 84 valence electrons. The lowest BCUT2D eigenvalue weighted by Crippen LogP contribution is -2.48. The van der Waals surface area contributed by atoms with Crippen molar-refractivity contribution in [1.29, 1.82) is 0 Å². The summed E-state index contributed by atoms with van der Waals surface area (Å²) in [5.74, 6) is 1.08. The fourth-order valence-corrected chi connectivity index (χ4v) is 2.03. The van der Waals surface area contributed by atoms with Crippen LogP contribution in [0.15, 0.2) is 6.33 Å². The van der Waals surface area contributed by atoms with Crippen molar-refractivity contribution in [3.63, 3.8) is 0 Å². The van der Waals surface area contributed by atoms with E-state index in [-0.39, 0.29) is 0 Å². The first-order valence-corrected chi connectivity index (χ1v) is 5.62. The van der Waals surface area contributed by atoms with E-state index < -0.39 is 0 Å². The number of nitrogens with zero attached hydrogens (tertiary/aromatic N) is 4. The summed E-state index contributed by atoms with van der Waals surface area (Å²) in [6.45, 7) is 9.39. The maximum Gasteiger partial charge on any atom is 0.140 e. The third kappa shape index (κ3) is 2.54. The Bertz CT molecular complexity index is 309. The van der Waals surface area contributed by atoms with Gasteiger partial charge in [-0.15, -0.1) is 0 Å². The van der Waals surface area contributed by atoms with Gasteiger partial charge in [0.15, 0.2) is 0 Å². The Morgan fingerprint density at radius 3 is 3.20 bits per heavy atom. The molecule has 1 saturated heterocycles. The number of nitrogens with one attached hydrogen (secondary N) is 1. The van der Waals surface area contributed by atoms with Gasteiger partial charge in [0.05, 0.1) is 6.54 Å². The van der Waals surface area contributed by atoms with Crippen molar-refractivity contribution >= 4 is 0 Å². The number of rotatable bonds is 3. The molecule has 0 spiro atoms. The van der Waals surface area contributed by atoms with E-state index in [0.29, 0.717) is 6.04 Å². The maximum absolute atomic E-state index is 4.30. The zero-order valence-electron chi connectivity index (χ0n) is 9.48. The van der Waals surface area contributed by atoms with Gasteiger partial charge in [-0.3, -0.25) is 4.90 Å². The molecule has 5 nitrogen and oxygen atoms in total. The molecule has 15 heavy (non-hydrogen) atoms. The highest BCUT2D eigenvalue weighted by molar-refractivity contribution is 4.86. The summed E-state index contributed by atoms with van der Waals surface area (Å²) in [5.41, 5.74) is 0. The van der Waals surface area contributed by atoms with Crippen LogP contribution in [0.1, 0.15) is 19.7 Å². The number of aryl methyl sites for hydroxylation is 1. The topological polar surface area (TPSA) is 46.0 Å². The minimum atomic E-state index is 0.580. The molecule has 0 radical (unpaired) electrons. The van der Waals surface area contributed by atoms with Crippen LogP contribution in [0.5, 0.6) is 0 Å². The smallest absolute Gasteiger partial charge is 0.140 e. The van der Waals surface area contributed by atoms with E-state index in [1.807, 2.05) is 4.68 Å². The zero-order chi connectivity index (χ0) is 10.7. The Balaban J connectivity index is 1.96. The predicted octanol–water partition coefficient (Wildman–Crippen LogP) is 0.0917. The molecule has 0 aliphatic carbocycles. The maximum atomic E-state index is 4.30. The van der Waals surface area contributed by atoms with Crippen LogP contribution in [0.4, 0.5) is 0 Å². The van der Waals surface area contributed by atoms with Crippen LogP contribution in [-0.2, 0) is 13.1 Å². The van der Waals surface area contributed by atoms with E-state index in [1.165, 1.54) is 0 Å². The van der Waals surface area contributed by atoms with Gasteiger partial charge >= 0.3 is 0 Å². The summed E-state index contributed by atoms with van der Waals surface area (Å²) in [4.78, 5) is 6.72. The van der Waals surface area contributed by atoms with Crippen molar-refractivity contribution in [2.45, 2.75) is 33.0 Å². The van der Waals surface area contributed by atoms with Crippen LogP contribution in [0.3, 0.4) is 0 Å². The van der Waals surface area contributed by atoms with Crippen molar-refractivity contribution in [3.05, 3.63) is 12.2 Å². The molecule has 1 aromatic heterocycles. The molecule has 1 atom stereocenters. The van der Waals surface area contributed by atoms with E-state index in [0.717, 1.165) is 38.5 Å². The first-order chi connectivity index (χ1) is 7.29. The Labute approximate surface area is 90.5 Å². The monoisotopic (exact) mass is 209 g/mol. The minimum Gasteiger partial charge on any atom is -0.312 e. The first kappa shape index (κ1) is 10.6. The molecule has 0 amide bonds. The van der Waals surface area contributed by atoms with Crippen LogP contribution in [-0.4, -0.2) is 45.3 Å². The van der Waals surface area contributed by atoms with Gasteiger partial charge < -0.3 is 5.32 Å². The molecule has 2 rings (SSSR count). The first-order valence-electron chi connectivity index (χ1n) is 5.62. The third-order valence-corrected chi connectivity index (χ3v) is 2.81. The second-order valence-electron chi connectivity index (χ2n) is 4.08. The highest BCUT2D eigenvalue weighted by Crippen LogP contribution is 2.04. The second kappa shape index (κ2) is 4.72. The SMILES string of the molecule is CCn1ncnc1CN1CCN[C@@H](C)C1. The number of hydrogen-bond acceptors (Lipinski definition) is 4. The number of aromatic nitrogens is 3. The zero-order valence-corrected chi connectivity index (χ0v) is 9.48. The molecular weight excluding hydrogens is 190 g/mol. The lowest BCUT2D eigenvalue weighted by Gasteiger charge is -2.31.